The van der Waals surface area contributed by atoms with Gasteiger partial charge in [0.15, 0.2) is 0 Å². The smallest absolute Gasteiger partial charge is 0.293 e. The van der Waals surface area contributed by atoms with Crippen molar-refractivity contribution < 1.29 is 13.2 Å². The Morgan fingerprint density at radius 3 is 1.62 bits per heavy atom. The van der Waals surface area contributed by atoms with Gasteiger partial charge in [0.05, 0.1) is 0 Å². The number of hydrogen-bond acceptors (Lipinski definition) is 1. The molecule has 0 aromatic rings. The van der Waals surface area contributed by atoms with Crippen molar-refractivity contribution in [1.82, 2.24) is 4.90 Å². The lowest BCUT2D eigenvalue weighted by Crippen LogP contribution is -2.47. The third-order valence-electron chi connectivity index (χ3n) is 2.69. The summed E-state index contributed by atoms with van der Waals surface area (Å²) in [4.78, 5) is 1.37. The largest absolute Gasteiger partial charge is 0.403 e. The summed E-state index contributed by atoms with van der Waals surface area (Å²) in [6, 6.07) is -1.43. The maximum Gasteiger partial charge on any atom is 0.403 e. The highest BCUT2D eigenvalue weighted by Crippen LogP contribution is 2.26. The highest BCUT2D eigenvalue weighted by atomic mass is 19.4. The first-order valence-corrected chi connectivity index (χ1v) is 4.46. The molecule has 1 nitrogen and oxygen atoms in total. The van der Waals surface area contributed by atoms with E-state index in [1.54, 1.807) is 0 Å². The van der Waals surface area contributed by atoms with Crippen LogP contribution in [0.25, 0.3) is 0 Å². The number of nitrogens with zero attached hydrogens (tertiary/aromatic N) is 1. The average Bonchev–Trinajstić information content (AvgIpc) is 1.98. The van der Waals surface area contributed by atoms with E-state index in [-0.39, 0.29) is 12.0 Å². The van der Waals surface area contributed by atoms with Crippen LogP contribution >= 0.6 is 0 Å². The Morgan fingerprint density at radius 1 is 1.00 bits per heavy atom. The van der Waals surface area contributed by atoms with Gasteiger partial charge in [-0.1, -0.05) is 13.8 Å². The maximum atomic E-state index is 12.3. The standard InChI is InChI=1S/C9H18F3N/c1-6(2)7(3)13(5)8(4)9(10,11)12/h6-8H,1-5H3/t7-,8+/m1/s1. The summed E-state index contributed by atoms with van der Waals surface area (Å²) in [7, 11) is 1.52. The molecule has 0 rings (SSSR count). The molecule has 0 aromatic carbocycles. The molecule has 0 amide bonds. The van der Waals surface area contributed by atoms with Crippen molar-refractivity contribution in [2.45, 2.75) is 46.0 Å². The minimum absolute atomic E-state index is 0.0587. The molecule has 13 heavy (non-hydrogen) atoms. The molecule has 0 saturated heterocycles. The maximum absolute atomic E-state index is 12.3. The fraction of sp³-hybridized carbons (Fsp3) is 1.00. The van der Waals surface area contributed by atoms with Gasteiger partial charge in [-0.25, -0.2) is 0 Å². The predicted molar refractivity (Wildman–Crippen MR) is 47.6 cm³/mol. The summed E-state index contributed by atoms with van der Waals surface area (Å²) in [6.07, 6.45) is -4.13. The zero-order valence-corrected chi connectivity index (χ0v) is 8.81. The van der Waals surface area contributed by atoms with Crippen LogP contribution in [0.2, 0.25) is 0 Å². The van der Waals surface area contributed by atoms with Gasteiger partial charge in [-0.05, 0) is 26.8 Å². The molecule has 80 valence electrons. The van der Waals surface area contributed by atoms with Crippen LogP contribution < -0.4 is 0 Å². The molecule has 0 heterocycles. The summed E-state index contributed by atoms with van der Waals surface area (Å²) < 4.78 is 36.8. The van der Waals surface area contributed by atoms with E-state index >= 15 is 0 Å². The molecule has 0 bridgehead atoms. The molecule has 0 aliphatic carbocycles. The molecule has 0 aromatic heterocycles. The molecule has 4 heteroatoms. The molecule has 2 atom stereocenters. The second-order valence-corrected chi connectivity index (χ2v) is 3.87. The molecule has 0 fully saturated rings. The van der Waals surface area contributed by atoms with E-state index < -0.39 is 12.2 Å². The van der Waals surface area contributed by atoms with Crippen molar-refractivity contribution in [3.63, 3.8) is 0 Å². The number of rotatable bonds is 3. The van der Waals surface area contributed by atoms with Crippen LogP contribution in [0.4, 0.5) is 13.2 Å². The van der Waals surface area contributed by atoms with Crippen LogP contribution in [0, 0.1) is 5.92 Å². The lowest BCUT2D eigenvalue weighted by atomic mass is 10.0. The van der Waals surface area contributed by atoms with Crippen molar-refractivity contribution in [2.24, 2.45) is 5.92 Å². The van der Waals surface area contributed by atoms with E-state index in [0.29, 0.717) is 0 Å². The second kappa shape index (κ2) is 4.31. The first-order valence-electron chi connectivity index (χ1n) is 4.46. The van der Waals surface area contributed by atoms with E-state index in [0.717, 1.165) is 0 Å². The zero-order chi connectivity index (χ0) is 10.8. The second-order valence-electron chi connectivity index (χ2n) is 3.87. The molecule has 0 aliphatic heterocycles. The molecule has 0 aliphatic rings. The lowest BCUT2D eigenvalue weighted by molar-refractivity contribution is -0.181. The minimum atomic E-state index is -4.13. The zero-order valence-electron chi connectivity index (χ0n) is 8.81. The normalized spacial score (nSPS) is 18.0. The van der Waals surface area contributed by atoms with Gasteiger partial charge in [0.1, 0.15) is 6.04 Å². The molecule has 0 spiro atoms. The predicted octanol–water partition coefficient (Wildman–Crippen LogP) is 2.91. The van der Waals surface area contributed by atoms with Crippen LogP contribution in [-0.4, -0.2) is 30.2 Å². The topological polar surface area (TPSA) is 3.24 Å². The van der Waals surface area contributed by atoms with Crippen molar-refractivity contribution in [3.05, 3.63) is 0 Å². The van der Waals surface area contributed by atoms with Crippen molar-refractivity contribution in [1.29, 1.82) is 0 Å². The highest BCUT2D eigenvalue weighted by Gasteiger charge is 2.40. The van der Waals surface area contributed by atoms with E-state index in [1.807, 2.05) is 20.8 Å². The van der Waals surface area contributed by atoms with Crippen LogP contribution in [0.1, 0.15) is 27.7 Å². The third kappa shape index (κ3) is 3.55. The van der Waals surface area contributed by atoms with Gasteiger partial charge < -0.3 is 0 Å². The Labute approximate surface area is 77.9 Å². The third-order valence-corrected chi connectivity index (χ3v) is 2.69. The quantitative estimate of drug-likeness (QED) is 0.672. The van der Waals surface area contributed by atoms with Gasteiger partial charge in [0, 0.05) is 6.04 Å². The Kier molecular flexibility index (Phi) is 4.23. The number of alkyl halides is 3. The molecule has 0 unspecified atom stereocenters. The summed E-state index contributed by atoms with van der Waals surface area (Å²) in [6.45, 7) is 6.85. The first kappa shape index (κ1) is 12.8. The minimum Gasteiger partial charge on any atom is -0.293 e. The average molecular weight is 197 g/mol. The lowest BCUT2D eigenvalue weighted by Gasteiger charge is -2.34. The summed E-state index contributed by atoms with van der Waals surface area (Å²) in [5.41, 5.74) is 0. The van der Waals surface area contributed by atoms with E-state index in [4.69, 9.17) is 0 Å². The first-order chi connectivity index (χ1) is 5.68. The van der Waals surface area contributed by atoms with E-state index in [9.17, 15) is 13.2 Å². The number of halogens is 3. The van der Waals surface area contributed by atoms with Gasteiger partial charge in [0.25, 0.3) is 0 Å². The fourth-order valence-electron chi connectivity index (χ4n) is 1.05. The summed E-state index contributed by atoms with van der Waals surface area (Å²) in [5, 5.41) is 0. The Bertz CT molecular complexity index is 153. The summed E-state index contributed by atoms with van der Waals surface area (Å²) in [5.74, 6) is 0.231. The van der Waals surface area contributed by atoms with E-state index in [1.165, 1.54) is 18.9 Å². The van der Waals surface area contributed by atoms with Crippen LogP contribution in [0.5, 0.6) is 0 Å². The molecular formula is C9H18F3N. The van der Waals surface area contributed by atoms with Gasteiger partial charge >= 0.3 is 6.18 Å². The molecule has 0 N–H and O–H groups in total. The van der Waals surface area contributed by atoms with Crippen molar-refractivity contribution in [3.8, 4) is 0 Å². The highest BCUT2D eigenvalue weighted by molar-refractivity contribution is 4.77. The fourth-order valence-corrected chi connectivity index (χ4v) is 1.05. The van der Waals surface area contributed by atoms with Gasteiger partial charge in [0.2, 0.25) is 0 Å². The van der Waals surface area contributed by atoms with Crippen molar-refractivity contribution in [2.75, 3.05) is 7.05 Å². The SMILES string of the molecule is CC(C)[C@@H](C)N(C)[C@@H](C)C(F)(F)F. The Hall–Kier alpha value is -0.250. The molecule has 0 saturated carbocycles. The van der Waals surface area contributed by atoms with Gasteiger partial charge in [-0.2, -0.15) is 13.2 Å². The van der Waals surface area contributed by atoms with Gasteiger partial charge in [-0.3, -0.25) is 4.90 Å². The monoisotopic (exact) mass is 197 g/mol. The Balaban J connectivity index is 4.34. The van der Waals surface area contributed by atoms with Gasteiger partial charge in [-0.15, -0.1) is 0 Å². The van der Waals surface area contributed by atoms with Crippen LogP contribution in [0.3, 0.4) is 0 Å². The summed E-state index contributed by atoms with van der Waals surface area (Å²) >= 11 is 0. The van der Waals surface area contributed by atoms with Crippen LogP contribution in [0.15, 0.2) is 0 Å². The van der Waals surface area contributed by atoms with Crippen LogP contribution in [-0.2, 0) is 0 Å². The number of hydrogen-bond donors (Lipinski definition) is 0. The molecule has 0 radical (unpaired) electrons. The Morgan fingerprint density at radius 2 is 1.38 bits per heavy atom. The molecular weight excluding hydrogens is 179 g/mol. The van der Waals surface area contributed by atoms with E-state index in [2.05, 4.69) is 0 Å². The van der Waals surface area contributed by atoms with Crippen molar-refractivity contribution >= 4 is 0 Å².